The smallest absolute Gasteiger partial charge is 0.0965 e. The maximum absolute atomic E-state index is 4.17. The summed E-state index contributed by atoms with van der Waals surface area (Å²) in [6.45, 7) is 8.11. The van der Waals surface area contributed by atoms with Gasteiger partial charge >= 0.3 is 0 Å². The zero-order valence-electron chi connectivity index (χ0n) is 11.2. The fraction of sp³-hybridized carbons (Fsp3) is 0.538. The van der Waals surface area contributed by atoms with Crippen molar-refractivity contribution in [3.05, 3.63) is 34.3 Å². The van der Waals surface area contributed by atoms with Gasteiger partial charge in [0.1, 0.15) is 0 Å². The molecule has 0 spiro atoms. The third kappa shape index (κ3) is 3.65. The van der Waals surface area contributed by atoms with Crippen molar-refractivity contribution in [2.75, 3.05) is 6.54 Å². The van der Waals surface area contributed by atoms with E-state index in [1.807, 2.05) is 10.9 Å². The van der Waals surface area contributed by atoms with E-state index in [0.717, 1.165) is 25.2 Å². The van der Waals surface area contributed by atoms with Crippen LogP contribution in [0.25, 0.3) is 0 Å². The molecule has 0 aliphatic heterocycles. The van der Waals surface area contributed by atoms with Crippen molar-refractivity contribution in [1.82, 2.24) is 20.3 Å². The first-order chi connectivity index (χ1) is 8.55. The highest BCUT2D eigenvalue weighted by molar-refractivity contribution is 7.07. The highest BCUT2D eigenvalue weighted by Gasteiger charge is 2.14. The van der Waals surface area contributed by atoms with Crippen LogP contribution in [0, 0.1) is 0 Å². The molecule has 2 heterocycles. The van der Waals surface area contributed by atoms with Gasteiger partial charge in [0.25, 0.3) is 0 Å². The average molecular weight is 264 g/mol. The molecule has 0 fully saturated rings. The van der Waals surface area contributed by atoms with E-state index in [0.29, 0.717) is 0 Å². The summed E-state index contributed by atoms with van der Waals surface area (Å²) in [7, 11) is 0. The molecule has 2 aromatic heterocycles. The van der Waals surface area contributed by atoms with Gasteiger partial charge in [-0.15, -0.1) is 5.10 Å². The Hall–Kier alpha value is -1.20. The quantitative estimate of drug-likeness (QED) is 0.843. The lowest BCUT2D eigenvalue weighted by atomic mass is 10.1. The number of aromatic nitrogens is 3. The molecule has 0 amide bonds. The average Bonchev–Trinajstić information content (AvgIpc) is 2.95. The fourth-order valence-corrected chi connectivity index (χ4v) is 2.29. The molecule has 0 bridgehead atoms. The van der Waals surface area contributed by atoms with Crippen LogP contribution >= 0.6 is 11.3 Å². The van der Waals surface area contributed by atoms with E-state index >= 15 is 0 Å². The Morgan fingerprint density at radius 3 is 2.83 bits per heavy atom. The second-order valence-corrected chi connectivity index (χ2v) is 6.16. The first-order valence-corrected chi connectivity index (χ1v) is 7.13. The van der Waals surface area contributed by atoms with Crippen molar-refractivity contribution < 1.29 is 0 Å². The molecule has 4 nitrogen and oxygen atoms in total. The van der Waals surface area contributed by atoms with Crippen LogP contribution in [0.3, 0.4) is 0 Å². The Kier molecular flexibility index (Phi) is 4.14. The van der Waals surface area contributed by atoms with Crippen LogP contribution in [0.4, 0.5) is 0 Å². The monoisotopic (exact) mass is 264 g/mol. The van der Waals surface area contributed by atoms with Gasteiger partial charge in [-0.25, -0.2) is 4.68 Å². The maximum atomic E-state index is 4.17. The molecule has 0 saturated carbocycles. The van der Waals surface area contributed by atoms with Crippen LogP contribution in [-0.2, 0) is 18.5 Å². The molecular weight excluding hydrogens is 244 g/mol. The molecule has 0 radical (unpaired) electrons. The minimum atomic E-state index is 0.00191. The zero-order chi connectivity index (χ0) is 13.0. The Bertz CT molecular complexity index is 467. The molecule has 18 heavy (non-hydrogen) atoms. The summed E-state index contributed by atoms with van der Waals surface area (Å²) in [5.74, 6) is 0. The number of nitrogens with one attached hydrogen (secondary N) is 1. The van der Waals surface area contributed by atoms with Crippen LogP contribution in [0.15, 0.2) is 23.0 Å². The molecule has 1 N–H and O–H groups in total. The van der Waals surface area contributed by atoms with Gasteiger partial charge in [0.2, 0.25) is 0 Å². The number of thiophene rings is 1. The topological polar surface area (TPSA) is 42.7 Å². The molecule has 98 valence electrons. The van der Waals surface area contributed by atoms with Gasteiger partial charge in [-0.3, -0.25) is 0 Å². The van der Waals surface area contributed by atoms with Crippen LogP contribution in [0.2, 0.25) is 0 Å². The lowest BCUT2D eigenvalue weighted by Gasteiger charge is -2.17. The summed E-state index contributed by atoms with van der Waals surface area (Å²) in [6.07, 6.45) is 3.08. The Balaban J connectivity index is 1.75. The molecule has 2 aromatic rings. The number of hydrogen-bond donors (Lipinski definition) is 1. The van der Waals surface area contributed by atoms with Gasteiger partial charge in [0, 0.05) is 6.54 Å². The number of hydrogen-bond acceptors (Lipinski definition) is 4. The van der Waals surface area contributed by atoms with E-state index in [4.69, 9.17) is 0 Å². The molecule has 0 aliphatic rings. The highest BCUT2D eigenvalue weighted by Crippen LogP contribution is 2.11. The zero-order valence-corrected chi connectivity index (χ0v) is 12.0. The minimum absolute atomic E-state index is 0.00191. The molecule has 0 unspecified atom stereocenters. The van der Waals surface area contributed by atoms with Crippen molar-refractivity contribution in [2.24, 2.45) is 0 Å². The summed E-state index contributed by atoms with van der Waals surface area (Å²) in [6, 6.07) is 2.17. The molecule has 0 aliphatic carbocycles. The van der Waals surface area contributed by atoms with Crippen LogP contribution in [-0.4, -0.2) is 21.5 Å². The molecule has 0 saturated heterocycles. The molecule has 0 aromatic carbocycles. The second-order valence-electron chi connectivity index (χ2n) is 5.38. The molecular formula is C13H20N4S. The van der Waals surface area contributed by atoms with Crippen molar-refractivity contribution in [3.63, 3.8) is 0 Å². The molecule has 2 rings (SSSR count). The van der Waals surface area contributed by atoms with Gasteiger partial charge in [0.05, 0.1) is 17.4 Å². The predicted octanol–water partition coefficient (Wildman–Crippen LogP) is 2.43. The molecule has 5 heteroatoms. The van der Waals surface area contributed by atoms with E-state index in [1.165, 1.54) is 5.56 Å². The Labute approximate surface area is 112 Å². The van der Waals surface area contributed by atoms with Gasteiger partial charge in [0.15, 0.2) is 0 Å². The van der Waals surface area contributed by atoms with Crippen LogP contribution in [0.5, 0.6) is 0 Å². The normalized spacial score (nSPS) is 11.9. The predicted molar refractivity (Wildman–Crippen MR) is 74.7 cm³/mol. The lowest BCUT2D eigenvalue weighted by molar-refractivity contribution is 0.347. The van der Waals surface area contributed by atoms with E-state index in [-0.39, 0.29) is 5.54 Å². The Morgan fingerprint density at radius 2 is 2.22 bits per heavy atom. The summed E-state index contributed by atoms with van der Waals surface area (Å²) in [4.78, 5) is 0. The summed E-state index contributed by atoms with van der Waals surface area (Å²) < 4.78 is 1.91. The first-order valence-electron chi connectivity index (χ1n) is 6.19. The van der Waals surface area contributed by atoms with Gasteiger partial charge < -0.3 is 5.32 Å². The lowest BCUT2D eigenvalue weighted by Crippen LogP contribution is -2.22. The summed E-state index contributed by atoms with van der Waals surface area (Å²) >= 11 is 1.75. The SMILES string of the molecule is CC(C)(C)n1cc(CNCCc2ccsc2)nn1. The van der Waals surface area contributed by atoms with Gasteiger partial charge in [-0.2, -0.15) is 11.3 Å². The van der Waals surface area contributed by atoms with E-state index in [9.17, 15) is 0 Å². The van der Waals surface area contributed by atoms with Gasteiger partial charge in [-0.1, -0.05) is 5.21 Å². The van der Waals surface area contributed by atoms with Crippen molar-refractivity contribution in [2.45, 2.75) is 39.3 Å². The second kappa shape index (κ2) is 5.63. The summed E-state index contributed by atoms with van der Waals surface area (Å²) in [5, 5.41) is 16.0. The van der Waals surface area contributed by atoms with Crippen LogP contribution in [0.1, 0.15) is 32.0 Å². The maximum Gasteiger partial charge on any atom is 0.0965 e. The summed E-state index contributed by atoms with van der Waals surface area (Å²) in [5.41, 5.74) is 2.39. The number of nitrogens with zero attached hydrogens (tertiary/aromatic N) is 3. The Morgan fingerprint density at radius 1 is 1.39 bits per heavy atom. The third-order valence-electron chi connectivity index (χ3n) is 2.70. The van der Waals surface area contributed by atoms with Crippen molar-refractivity contribution >= 4 is 11.3 Å². The van der Waals surface area contributed by atoms with Crippen molar-refractivity contribution in [3.8, 4) is 0 Å². The minimum Gasteiger partial charge on any atom is -0.311 e. The molecule has 0 atom stereocenters. The largest absolute Gasteiger partial charge is 0.311 e. The van der Waals surface area contributed by atoms with E-state index in [1.54, 1.807) is 11.3 Å². The number of rotatable bonds is 5. The fourth-order valence-electron chi connectivity index (χ4n) is 1.59. The van der Waals surface area contributed by atoms with Crippen LogP contribution < -0.4 is 5.32 Å². The van der Waals surface area contributed by atoms with Gasteiger partial charge in [-0.05, 0) is 56.1 Å². The van der Waals surface area contributed by atoms with E-state index in [2.05, 4.69) is 53.2 Å². The highest BCUT2D eigenvalue weighted by atomic mass is 32.1. The standard InChI is InChI=1S/C13H20N4S/c1-13(2,3)17-9-12(15-16-17)8-14-6-4-11-5-7-18-10-11/h5,7,9-10,14H,4,6,8H2,1-3H3. The third-order valence-corrected chi connectivity index (χ3v) is 3.44. The van der Waals surface area contributed by atoms with Crippen molar-refractivity contribution in [1.29, 1.82) is 0 Å². The van der Waals surface area contributed by atoms with E-state index < -0.39 is 0 Å². The first kappa shape index (κ1) is 13.2.